The van der Waals surface area contributed by atoms with Crippen molar-refractivity contribution in [1.82, 2.24) is 10.2 Å². The normalized spacial score (nSPS) is 24.8. The third-order valence-corrected chi connectivity index (χ3v) is 3.87. The Kier molecular flexibility index (Phi) is 2.17. The highest BCUT2D eigenvalue weighted by atomic mass is 16.5. The van der Waals surface area contributed by atoms with Crippen molar-refractivity contribution in [3.63, 3.8) is 0 Å². The van der Waals surface area contributed by atoms with Gasteiger partial charge in [0.2, 0.25) is 0 Å². The second-order valence-corrected chi connectivity index (χ2v) is 5.52. The number of hydrogen-bond donors (Lipinski definition) is 0. The predicted molar refractivity (Wildman–Crippen MR) is 59.9 cm³/mol. The maximum Gasteiger partial charge on any atom is 0.317 e. The van der Waals surface area contributed by atoms with Crippen LogP contribution in [0.1, 0.15) is 57.3 Å². The van der Waals surface area contributed by atoms with E-state index < -0.39 is 11.2 Å². The van der Waals surface area contributed by atoms with Crippen molar-refractivity contribution < 1.29 is 9.47 Å². The van der Waals surface area contributed by atoms with Crippen LogP contribution in [-0.4, -0.2) is 10.2 Å². The molecular weight excluding hydrogens is 218 g/mol. The minimum absolute atomic E-state index is 0.422. The van der Waals surface area contributed by atoms with Crippen molar-refractivity contribution in [1.29, 1.82) is 0 Å². The van der Waals surface area contributed by atoms with Crippen LogP contribution in [0.15, 0.2) is 6.33 Å². The lowest BCUT2D eigenvalue weighted by molar-refractivity contribution is -0.625. The van der Waals surface area contributed by atoms with E-state index in [0.717, 1.165) is 30.4 Å². The molecule has 1 fully saturated rings. The molecule has 3 rings (SSSR count). The van der Waals surface area contributed by atoms with Crippen LogP contribution >= 0.6 is 0 Å². The van der Waals surface area contributed by atoms with Crippen LogP contribution in [0, 0.1) is 5.21 Å². The molecule has 0 aromatic carbocycles. The van der Waals surface area contributed by atoms with Gasteiger partial charge in [0.1, 0.15) is 11.2 Å². The van der Waals surface area contributed by atoms with Crippen LogP contribution in [0.4, 0.5) is 0 Å². The summed E-state index contributed by atoms with van der Waals surface area (Å²) in [6.45, 7) is 3.92. The zero-order valence-electron chi connectivity index (χ0n) is 10.3. The highest BCUT2D eigenvalue weighted by molar-refractivity contribution is 5.26. The molecule has 0 atom stereocenters. The Balaban J connectivity index is 2.18. The monoisotopic (exact) mass is 235 g/mol. The van der Waals surface area contributed by atoms with E-state index in [9.17, 15) is 5.21 Å². The van der Waals surface area contributed by atoms with E-state index in [2.05, 4.69) is 10.2 Å². The van der Waals surface area contributed by atoms with Crippen molar-refractivity contribution in [3.8, 4) is 0 Å². The summed E-state index contributed by atoms with van der Waals surface area (Å²) in [5.41, 5.74) is 0.469. The van der Waals surface area contributed by atoms with E-state index in [-0.39, 0.29) is 0 Å². The first-order valence-corrected chi connectivity index (χ1v) is 6.21. The molecule has 5 heteroatoms. The molecule has 2 aliphatic rings. The lowest BCUT2D eigenvalue weighted by Crippen LogP contribution is -2.43. The summed E-state index contributed by atoms with van der Waals surface area (Å²) < 4.78 is 7.05. The maximum atomic E-state index is 12.0. The first kappa shape index (κ1) is 10.9. The molecule has 0 unspecified atom stereocenters. The lowest BCUT2D eigenvalue weighted by Gasteiger charge is -2.34. The number of aromatic nitrogens is 3. The van der Waals surface area contributed by atoms with E-state index in [4.69, 9.17) is 4.74 Å². The zero-order chi connectivity index (χ0) is 12.1. The van der Waals surface area contributed by atoms with Crippen molar-refractivity contribution in [2.75, 3.05) is 0 Å². The smallest absolute Gasteiger partial charge is 0.317 e. The molecule has 1 aromatic heterocycles. The highest BCUT2D eigenvalue weighted by Crippen LogP contribution is 2.51. The summed E-state index contributed by atoms with van der Waals surface area (Å²) in [4.78, 5) is 0. The largest absolute Gasteiger partial charge is 0.711 e. The van der Waals surface area contributed by atoms with Gasteiger partial charge in [-0.05, 0) is 31.8 Å². The van der Waals surface area contributed by atoms with E-state index in [0.29, 0.717) is 11.4 Å². The Morgan fingerprint density at radius 1 is 1.29 bits per heavy atom. The summed E-state index contributed by atoms with van der Waals surface area (Å²) in [6.07, 6.45) is 6.50. The Morgan fingerprint density at radius 2 is 2.00 bits per heavy atom. The van der Waals surface area contributed by atoms with Crippen LogP contribution in [0.3, 0.4) is 0 Å². The van der Waals surface area contributed by atoms with Gasteiger partial charge in [0, 0.05) is 0 Å². The summed E-state index contributed by atoms with van der Waals surface area (Å²) in [6, 6.07) is 0. The maximum absolute atomic E-state index is 12.0. The molecule has 0 radical (unpaired) electrons. The number of ether oxygens (including phenoxy) is 1. The first-order valence-electron chi connectivity index (χ1n) is 6.21. The Morgan fingerprint density at radius 3 is 2.71 bits per heavy atom. The van der Waals surface area contributed by atoms with Crippen LogP contribution in [0.25, 0.3) is 0 Å². The molecule has 1 aromatic rings. The van der Waals surface area contributed by atoms with E-state index in [1.54, 1.807) is 0 Å². The molecule has 0 bridgehead atoms. The summed E-state index contributed by atoms with van der Waals surface area (Å²) in [5, 5.41) is 19.9. The second kappa shape index (κ2) is 3.38. The lowest BCUT2D eigenvalue weighted by atomic mass is 9.82. The van der Waals surface area contributed by atoms with Gasteiger partial charge in [-0.15, -0.1) is 0 Å². The van der Waals surface area contributed by atoms with E-state index >= 15 is 0 Å². The SMILES string of the molecule is CC1(C)OC2(CCCCC2)c2c1nnc[n+]2[O-]. The fourth-order valence-electron chi connectivity index (χ4n) is 3.21. The topological polar surface area (TPSA) is 62.0 Å². The van der Waals surface area contributed by atoms with Crippen LogP contribution in [0.2, 0.25) is 0 Å². The number of fused-ring (bicyclic) bond motifs is 2. The van der Waals surface area contributed by atoms with Gasteiger partial charge >= 0.3 is 6.33 Å². The molecule has 1 saturated carbocycles. The van der Waals surface area contributed by atoms with Gasteiger partial charge in [-0.3, -0.25) is 0 Å². The average Bonchev–Trinajstić information content (AvgIpc) is 2.49. The molecule has 1 spiro atoms. The zero-order valence-corrected chi connectivity index (χ0v) is 10.3. The molecule has 0 amide bonds. The fraction of sp³-hybridized carbons (Fsp3) is 0.750. The predicted octanol–water partition coefficient (Wildman–Crippen LogP) is 1.53. The molecule has 1 aliphatic heterocycles. The minimum Gasteiger partial charge on any atom is -0.711 e. The van der Waals surface area contributed by atoms with Crippen molar-refractivity contribution in [3.05, 3.63) is 22.9 Å². The van der Waals surface area contributed by atoms with Gasteiger partial charge in [0.25, 0.3) is 0 Å². The standard InChI is InChI=1S/C12H17N3O2/c1-11(2)9-10(15(16)8-13-14-9)12(17-11)6-4-3-5-7-12/h8H,3-7H2,1-2H3. The Hall–Kier alpha value is -1.23. The van der Waals surface area contributed by atoms with Gasteiger partial charge in [-0.1, -0.05) is 19.3 Å². The molecule has 1 aliphatic carbocycles. The van der Waals surface area contributed by atoms with Crippen molar-refractivity contribution >= 4 is 0 Å². The quantitative estimate of drug-likeness (QED) is 0.505. The molecule has 5 nitrogen and oxygen atoms in total. The number of hydrogen-bond acceptors (Lipinski definition) is 4. The average molecular weight is 235 g/mol. The molecular formula is C12H17N3O2. The second-order valence-electron chi connectivity index (χ2n) is 5.52. The van der Waals surface area contributed by atoms with Crippen LogP contribution < -0.4 is 4.73 Å². The summed E-state index contributed by atoms with van der Waals surface area (Å²) >= 11 is 0. The molecule has 0 saturated heterocycles. The Labute approximate surface area is 100 Å². The Bertz CT molecular complexity index is 453. The molecule has 0 N–H and O–H groups in total. The number of rotatable bonds is 0. The van der Waals surface area contributed by atoms with Crippen LogP contribution in [-0.2, 0) is 15.9 Å². The summed E-state index contributed by atoms with van der Waals surface area (Å²) in [5.74, 6) is 0. The van der Waals surface area contributed by atoms with Gasteiger partial charge in [0.15, 0.2) is 11.4 Å². The van der Waals surface area contributed by atoms with E-state index in [1.165, 1.54) is 12.7 Å². The van der Waals surface area contributed by atoms with Crippen LogP contribution in [0.5, 0.6) is 0 Å². The third kappa shape index (κ3) is 1.45. The highest BCUT2D eigenvalue weighted by Gasteiger charge is 2.54. The molecule has 2 heterocycles. The summed E-state index contributed by atoms with van der Waals surface area (Å²) in [7, 11) is 0. The third-order valence-electron chi connectivity index (χ3n) is 3.87. The van der Waals surface area contributed by atoms with Crippen molar-refractivity contribution in [2.24, 2.45) is 0 Å². The first-order chi connectivity index (χ1) is 8.05. The van der Waals surface area contributed by atoms with Gasteiger partial charge in [0.05, 0.1) is 5.10 Å². The van der Waals surface area contributed by atoms with Crippen molar-refractivity contribution in [2.45, 2.75) is 57.2 Å². The van der Waals surface area contributed by atoms with E-state index in [1.807, 2.05) is 13.8 Å². The van der Waals surface area contributed by atoms with Gasteiger partial charge in [-0.25, -0.2) is 4.73 Å². The minimum atomic E-state index is -0.507. The van der Waals surface area contributed by atoms with Gasteiger partial charge < -0.3 is 9.94 Å². The number of nitrogens with zero attached hydrogens (tertiary/aromatic N) is 3. The molecule has 17 heavy (non-hydrogen) atoms. The molecule has 92 valence electrons. The fourth-order valence-corrected chi connectivity index (χ4v) is 3.21. The van der Waals surface area contributed by atoms with Gasteiger partial charge in [-0.2, -0.15) is 0 Å².